The molecule has 0 aliphatic carbocycles. The van der Waals surface area contributed by atoms with E-state index in [-0.39, 0.29) is 17.9 Å². The van der Waals surface area contributed by atoms with Crippen molar-refractivity contribution in [1.29, 1.82) is 0 Å². The van der Waals surface area contributed by atoms with Crippen molar-refractivity contribution in [2.24, 2.45) is 0 Å². The minimum Gasteiger partial charge on any atom is -0.339 e. The van der Waals surface area contributed by atoms with Crippen LogP contribution in [0, 0.1) is 0 Å². The molecule has 1 aliphatic rings. The van der Waals surface area contributed by atoms with Gasteiger partial charge < -0.3 is 16.0 Å². The number of anilines is 1. The average molecular weight is 366 g/mol. The number of carbonyl (C=O) groups is 2. The molecule has 2 atom stereocenters. The predicted molar refractivity (Wildman–Crippen MR) is 106 cm³/mol. The SMILES string of the molecule is CC(C)c1ccc(NC(=O)[C@@H](C)NC(=O)[C@@H]2Cc3ccccc3C[NH2+]2)cc1. The second-order valence-corrected chi connectivity index (χ2v) is 7.52. The summed E-state index contributed by atoms with van der Waals surface area (Å²) in [6.07, 6.45) is 0.688. The Labute approximate surface area is 160 Å². The molecule has 27 heavy (non-hydrogen) atoms. The van der Waals surface area contributed by atoms with Crippen molar-refractivity contribution in [3.8, 4) is 0 Å². The molecule has 0 saturated carbocycles. The zero-order chi connectivity index (χ0) is 19.4. The van der Waals surface area contributed by atoms with Crippen LogP contribution in [0.25, 0.3) is 0 Å². The first-order chi connectivity index (χ1) is 12.9. The lowest BCUT2D eigenvalue weighted by molar-refractivity contribution is -0.695. The van der Waals surface area contributed by atoms with Crippen LogP contribution in [-0.4, -0.2) is 23.9 Å². The smallest absolute Gasteiger partial charge is 0.279 e. The van der Waals surface area contributed by atoms with Crippen LogP contribution in [0.15, 0.2) is 48.5 Å². The lowest BCUT2D eigenvalue weighted by Gasteiger charge is -2.23. The molecule has 5 heteroatoms. The van der Waals surface area contributed by atoms with Gasteiger partial charge in [-0.05, 0) is 36.1 Å². The van der Waals surface area contributed by atoms with Gasteiger partial charge in [-0.25, -0.2) is 0 Å². The number of nitrogens with one attached hydrogen (secondary N) is 2. The van der Waals surface area contributed by atoms with Crippen LogP contribution in [0.3, 0.4) is 0 Å². The molecular formula is C22H28N3O2+. The summed E-state index contributed by atoms with van der Waals surface area (Å²) in [6.45, 7) is 6.77. The van der Waals surface area contributed by atoms with Gasteiger partial charge in [0.2, 0.25) is 5.91 Å². The Bertz CT molecular complexity index is 815. The molecule has 142 valence electrons. The van der Waals surface area contributed by atoms with E-state index >= 15 is 0 Å². The van der Waals surface area contributed by atoms with E-state index in [2.05, 4.69) is 36.6 Å². The van der Waals surface area contributed by atoms with Crippen molar-refractivity contribution in [3.63, 3.8) is 0 Å². The zero-order valence-corrected chi connectivity index (χ0v) is 16.2. The number of hydrogen-bond donors (Lipinski definition) is 3. The normalized spacial score (nSPS) is 17.1. The van der Waals surface area contributed by atoms with Crippen LogP contribution in [0.2, 0.25) is 0 Å². The van der Waals surface area contributed by atoms with Crippen molar-refractivity contribution in [3.05, 3.63) is 65.2 Å². The van der Waals surface area contributed by atoms with E-state index in [0.29, 0.717) is 12.3 Å². The van der Waals surface area contributed by atoms with Gasteiger partial charge in [-0.2, -0.15) is 0 Å². The molecule has 1 heterocycles. The Balaban J connectivity index is 1.54. The molecular weight excluding hydrogens is 338 g/mol. The van der Waals surface area contributed by atoms with Gasteiger partial charge in [-0.3, -0.25) is 9.59 Å². The third-order valence-corrected chi connectivity index (χ3v) is 5.11. The second-order valence-electron chi connectivity index (χ2n) is 7.52. The maximum absolute atomic E-state index is 12.6. The molecule has 2 aromatic rings. The summed E-state index contributed by atoms with van der Waals surface area (Å²) in [4.78, 5) is 25.0. The quantitative estimate of drug-likeness (QED) is 0.757. The minimum atomic E-state index is -0.590. The summed E-state index contributed by atoms with van der Waals surface area (Å²) < 4.78 is 0. The molecule has 0 bridgehead atoms. The molecule has 0 saturated heterocycles. The van der Waals surface area contributed by atoms with Gasteiger partial charge in [-0.1, -0.05) is 50.2 Å². The monoisotopic (exact) mass is 366 g/mol. The lowest BCUT2D eigenvalue weighted by atomic mass is 9.95. The highest BCUT2D eigenvalue weighted by Crippen LogP contribution is 2.17. The van der Waals surface area contributed by atoms with Crippen molar-refractivity contribution in [2.45, 2.75) is 51.7 Å². The van der Waals surface area contributed by atoms with E-state index in [0.717, 1.165) is 12.2 Å². The number of benzene rings is 2. The number of quaternary nitrogens is 1. The third-order valence-electron chi connectivity index (χ3n) is 5.11. The number of rotatable bonds is 5. The standard InChI is InChI=1S/C22H27N3O2/c1-14(2)16-8-10-19(11-9-16)25-21(26)15(3)24-22(27)20-12-17-6-4-5-7-18(17)13-23-20/h4-11,14-15,20,23H,12-13H2,1-3H3,(H,24,27)(H,25,26)/p+1/t15-,20+/m1/s1. The lowest BCUT2D eigenvalue weighted by Crippen LogP contribution is -2.93. The molecule has 2 amide bonds. The minimum absolute atomic E-state index is 0.0951. The fraction of sp³-hybridized carbons (Fsp3) is 0.364. The zero-order valence-electron chi connectivity index (χ0n) is 16.2. The first-order valence-corrected chi connectivity index (χ1v) is 9.55. The highest BCUT2D eigenvalue weighted by Gasteiger charge is 2.29. The molecule has 0 unspecified atom stereocenters. The summed E-state index contributed by atoms with van der Waals surface area (Å²) in [5, 5.41) is 7.75. The van der Waals surface area contributed by atoms with E-state index in [1.54, 1.807) is 6.92 Å². The topological polar surface area (TPSA) is 74.8 Å². The Morgan fingerprint density at radius 3 is 2.33 bits per heavy atom. The van der Waals surface area contributed by atoms with E-state index in [1.165, 1.54) is 16.7 Å². The molecule has 5 nitrogen and oxygen atoms in total. The van der Waals surface area contributed by atoms with E-state index in [1.807, 2.05) is 41.7 Å². The molecule has 3 rings (SSSR count). The largest absolute Gasteiger partial charge is 0.339 e. The van der Waals surface area contributed by atoms with Gasteiger partial charge in [0.05, 0.1) is 0 Å². The predicted octanol–water partition coefficient (Wildman–Crippen LogP) is 1.94. The number of hydrogen-bond acceptors (Lipinski definition) is 2. The number of amides is 2. The van der Waals surface area contributed by atoms with Crippen LogP contribution < -0.4 is 16.0 Å². The molecule has 2 aromatic carbocycles. The molecule has 0 radical (unpaired) electrons. The Morgan fingerprint density at radius 2 is 1.67 bits per heavy atom. The fourth-order valence-electron chi connectivity index (χ4n) is 3.33. The van der Waals surface area contributed by atoms with Crippen molar-refractivity contribution in [2.75, 3.05) is 5.32 Å². The van der Waals surface area contributed by atoms with Crippen LogP contribution in [0.4, 0.5) is 5.69 Å². The van der Waals surface area contributed by atoms with E-state index < -0.39 is 6.04 Å². The summed E-state index contributed by atoms with van der Waals surface area (Å²) in [5.41, 5.74) is 4.45. The third kappa shape index (κ3) is 4.74. The number of nitrogens with two attached hydrogens (primary N) is 1. The summed E-state index contributed by atoms with van der Waals surface area (Å²) in [5.74, 6) is 0.143. The van der Waals surface area contributed by atoms with Crippen LogP contribution >= 0.6 is 0 Å². The van der Waals surface area contributed by atoms with Crippen LogP contribution in [0.5, 0.6) is 0 Å². The Morgan fingerprint density at radius 1 is 1.00 bits per heavy atom. The Hall–Kier alpha value is -2.66. The van der Waals surface area contributed by atoms with Gasteiger partial charge >= 0.3 is 0 Å². The molecule has 0 aromatic heterocycles. The summed E-state index contributed by atoms with van der Waals surface area (Å²) in [6, 6.07) is 15.2. The summed E-state index contributed by atoms with van der Waals surface area (Å²) >= 11 is 0. The molecule has 4 N–H and O–H groups in total. The Kier molecular flexibility index (Phi) is 5.91. The summed E-state index contributed by atoms with van der Waals surface area (Å²) in [7, 11) is 0. The molecule has 1 aliphatic heterocycles. The second kappa shape index (κ2) is 8.35. The van der Waals surface area contributed by atoms with Gasteiger partial charge in [0, 0.05) is 17.7 Å². The first-order valence-electron chi connectivity index (χ1n) is 9.55. The number of fused-ring (bicyclic) bond motifs is 1. The fourth-order valence-corrected chi connectivity index (χ4v) is 3.33. The number of carbonyl (C=O) groups excluding carboxylic acids is 2. The van der Waals surface area contributed by atoms with Gasteiger partial charge in [0.1, 0.15) is 12.6 Å². The first kappa shape index (κ1) is 19.1. The van der Waals surface area contributed by atoms with Crippen LogP contribution in [-0.2, 0) is 22.6 Å². The maximum Gasteiger partial charge on any atom is 0.279 e. The molecule has 0 fully saturated rings. The maximum atomic E-state index is 12.6. The highest BCUT2D eigenvalue weighted by atomic mass is 16.2. The van der Waals surface area contributed by atoms with Gasteiger partial charge in [0.15, 0.2) is 6.04 Å². The van der Waals surface area contributed by atoms with Crippen molar-refractivity contribution in [1.82, 2.24) is 5.32 Å². The average Bonchev–Trinajstić information content (AvgIpc) is 2.67. The van der Waals surface area contributed by atoms with Gasteiger partial charge in [-0.15, -0.1) is 0 Å². The van der Waals surface area contributed by atoms with E-state index in [4.69, 9.17) is 0 Å². The highest BCUT2D eigenvalue weighted by molar-refractivity contribution is 5.97. The van der Waals surface area contributed by atoms with Gasteiger partial charge in [0.25, 0.3) is 5.91 Å². The van der Waals surface area contributed by atoms with Crippen molar-refractivity contribution < 1.29 is 14.9 Å². The van der Waals surface area contributed by atoms with Crippen LogP contribution in [0.1, 0.15) is 43.4 Å². The van der Waals surface area contributed by atoms with Crippen molar-refractivity contribution >= 4 is 17.5 Å². The molecule has 0 spiro atoms. The van der Waals surface area contributed by atoms with E-state index in [9.17, 15) is 9.59 Å².